The molecule has 1 fully saturated rings. The molecule has 156 valence electrons. The monoisotopic (exact) mass is 399 g/mol. The third-order valence-corrected chi connectivity index (χ3v) is 4.96. The second kappa shape index (κ2) is 10.5. The summed E-state index contributed by atoms with van der Waals surface area (Å²) in [7, 11) is 0. The quantitative estimate of drug-likeness (QED) is 0.423. The van der Waals surface area contributed by atoms with E-state index < -0.39 is 29.7 Å². The molecule has 1 aromatic carbocycles. The lowest BCUT2D eigenvalue weighted by Crippen LogP contribution is -2.41. The smallest absolute Gasteiger partial charge is 0.416 e. The minimum Gasteiger partial charge on any atom is -0.464 e. The summed E-state index contributed by atoms with van der Waals surface area (Å²) in [5, 5.41) is 0. The molecule has 0 radical (unpaired) electrons. The first-order chi connectivity index (χ1) is 13.3. The van der Waals surface area contributed by atoms with E-state index in [0.29, 0.717) is 26.0 Å². The van der Waals surface area contributed by atoms with E-state index in [4.69, 9.17) is 4.74 Å². The fourth-order valence-electron chi connectivity index (χ4n) is 3.40. The second-order valence-electron chi connectivity index (χ2n) is 7.17. The van der Waals surface area contributed by atoms with Gasteiger partial charge in [-0.15, -0.1) is 0 Å². The molecule has 1 aliphatic rings. The predicted molar refractivity (Wildman–Crippen MR) is 99.8 cm³/mol. The summed E-state index contributed by atoms with van der Waals surface area (Å²) in [6.07, 6.45) is 3.01. The largest absolute Gasteiger partial charge is 0.464 e. The van der Waals surface area contributed by atoms with Crippen molar-refractivity contribution in [3.05, 3.63) is 35.4 Å². The highest BCUT2D eigenvalue weighted by Crippen LogP contribution is 2.30. The van der Waals surface area contributed by atoms with Crippen LogP contribution in [0.1, 0.15) is 74.2 Å². The molecule has 0 saturated carbocycles. The molecule has 1 amide bonds. The zero-order valence-corrected chi connectivity index (χ0v) is 16.3. The van der Waals surface area contributed by atoms with Crippen molar-refractivity contribution in [1.29, 1.82) is 0 Å². The Morgan fingerprint density at radius 1 is 1.14 bits per heavy atom. The lowest BCUT2D eigenvalue weighted by molar-refractivity contribution is -0.148. The van der Waals surface area contributed by atoms with E-state index in [1.165, 1.54) is 36.3 Å². The number of halogens is 3. The molecule has 0 spiro atoms. The number of hydrogen-bond acceptors (Lipinski definition) is 3. The van der Waals surface area contributed by atoms with Gasteiger partial charge in [0.15, 0.2) is 0 Å². The van der Waals surface area contributed by atoms with Gasteiger partial charge in [0.25, 0.3) is 5.91 Å². The molecule has 0 N–H and O–H groups in total. The van der Waals surface area contributed by atoms with Crippen molar-refractivity contribution in [2.75, 3.05) is 13.2 Å². The van der Waals surface area contributed by atoms with Crippen molar-refractivity contribution in [3.63, 3.8) is 0 Å². The highest BCUT2D eigenvalue weighted by Gasteiger charge is 2.37. The van der Waals surface area contributed by atoms with Crippen molar-refractivity contribution in [2.24, 2.45) is 0 Å². The lowest BCUT2D eigenvalue weighted by atomic mass is 10.1. The Bertz CT molecular complexity index is 661. The number of esters is 1. The first-order valence-electron chi connectivity index (χ1n) is 9.99. The Morgan fingerprint density at radius 2 is 1.86 bits per heavy atom. The van der Waals surface area contributed by atoms with Crippen LogP contribution in [0.4, 0.5) is 13.2 Å². The summed E-state index contributed by atoms with van der Waals surface area (Å²) < 4.78 is 44.0. The molecule has 7 heteroatoms. The van der Waals surface area contributed by atoms with Gasteiger partial charge in [0, 0.05) is 12.1 Å². The molecule has 1 aromatic rings. The van der Waals surface area contributed by atoms with E-state index in [-0.39, 0.29) is 5.56 Å². The van der Waals surface area contributed by atoms with Crippen molar-refractivity contribution in [2.45, 2.75) is 70.5 Å². The molecule has 1 heterocycles. The average molecular weight is 399 g/mol. The van der Waals surface area contributed by atoms with Gasteiger partial charge < -0.3 is 9.64 Å². The Labute approximate surface area is 164 Å². The predicted octanol–water partition coefficient (Wildman–Crippen LogP) is 5.21. The number of carbonyl (C=O) groups excluding carboxylic acids is 2. The van der Waals surface area contributed by atoms with Gasteiger partial charge in [-0.1, -0.05) is 45.1 Å². The number of alkyl halides is 3. The van der Waals surface area contributed by atoms with E-state index in [1.54, 1.807) is 0 Å². The van der Waals surface area contributed by atoms with Gasteiger partial charge >= 0.3 is 12.1 Å². The van der Waals surface area contributed by atoms with Crippen LogP contribution < -0.4 is 0 Å². The molecule has 28 heavy (non-hydrogen) atoms. The number of rotatable bonds is 9. The molecule has 1 saturated heterocycles. The van der Waals surface area contributed by atoms with E-state index >= 15 is 0 Å². The van der Waals surface area contributed by atoms with Crippen molar-refractivity contribution >= 4 is 11.9 Å². The summed E-state index contributed by atoms with van der Waals surface area (Å²) in [4.78, 5) is 26.4. The number of carbonyl (C=O) groups is 2. The number of unbranched alkanes of at least 4 members (excludes halogenated alkanes) is 5. The van der Waals surface area contributed by atoms with Crippen LogP contribution in [0.5, 0.6) is 0 Å². The fraction of sp³-hybridized carbons (Fsp3) is 0.619. The van der Waals surface area contributed by atoms with Crippen molar-refractivity contribution < 1.29 is 27.5 Å². The van der Waals surface area contributed by atoms with E-state index in [1.807, 2.05) is 0 Å². The number of amides is 1. The van der Waals surface area contributed by atoms with Crippen LogP contribution in [0.25, 0.3) is 0 Å². The number of nitrogens with zero attached hydrogens (tertiary/aromatic N) is 1. The minimum absolute atomic E-state index is 0.0644. The highest BCUT2D eigenvalue weighted by molar-refractivity contribution is 5.97. The Kier molecular flexibility index (Phi) is 8.33. The molecule has 2 rings (SSSR count). The average Bonchev–Trinajstić information content (AvgIpc) is 3.16. The Balaban J connectivity index is 1.89. The molecule has 0 aromatic heterocycles. The normalized spacial score (nSPS) is 17.0. The van der Waals surface area contributed by atoms with Crippen molar-refractivity contribution in [1.82, 2.24) is 4.90 Å². The first-order valence-corrected chi connectivity index (χ1v) is 9.99. The summed E-state index contributed by atoms with van der Waals surface area (Å²) in [6.45, 7) is 2.80. The first kappa shape index (κ1) is 22.2. The number of ether oxygens (including phenoxy) is 1. The Hall–Kier alpha value is -2.05. The summed E-state index contributed by atoms with van der Waals surface area (Å²) >= 11 is 0. The summed E-state index contributed by atoms with van der Waals surface area (Å²) in [5.41, 5.74) is -0.940. The third-order valence-electron chi connectivity index (χ3n) is 4.96. The maximum atomic E-state index is 12.9. The van der Waals surface area contributed by atoms with Crippen LogP contribution in [0.2, 0.25) is 0 Å². The van der Waals surface area contributed by atoms with Crippen LogP contribution in [0.15, 0.2) is 24.3 Å². The zero-order valence-electron chi connectivity index (χ0n) is 16.3. The topological polar surface area (TPSA) is 46.6 Å². The molecule has 0 bridgehead atoms. The van der Waals surface area contributed by atoms with Gasteiger partial charge in [-0.2, -0.15) is 13.2 Å². The lowest BCUT2D eigenvalue weighted by Gasteiger charge is -2.23. The van der Waals surface area contributed by atoms with Crippen LogP contribution in [0, 0.1) is 0 Å². The maximum Gasteiger partial charge on any atom is 0.416 e. The van der Waals surface area contributed by atoms with Gasteiger partial charge in [0.05, 0.1) is 12.2 Å². The van der Waals surface area contributed by atoms with Crippen LogP contribution in [-0.4, -0.2) is 36.0 Å². The van der Waals surface area contributed by atoms with Crippen LogP contribution >= 0.6 is 0 Å². The van der Waals surface area contributed by atoms with Gasteiger partial charge in [-0.3, -0.25) is 4.79 Å². The van der Waals surface area contributed by atoms with Crippen LogP contribution in [0.3, 0.4) is 0 Å². The SMILES string of the molecule is CCCCCCCCOC(=O)C1CCCN1C(=O)c1cccc(C(F)(F)F)c1. The zero-order chi connectivity index (χ0) is 20.6. The van der Waals surface area contributed by atoms with Crippen LogP contribution in [-0.2, 0) is 15.7 Å². The standard InChI is InChI=1S/C21H28F3NO3/c1-2-3-4-5-6-7-14-28-20(27)18-12-9-13-25(18)19(26)16-10-8-11-17(15-16)21(22,23)24/h8,10-11,15,18H,2-7,9,12-14H2,1H3. The van der Waals surface area contributed by atoms with E-state index in [2.05, 4.69) is 6.92 Å². The molecule has 4 nitrogen and oxygen atoms in total. The van der Waals surface area contributed by atoms with Gasteiger partial charge in [-0.25, -0.2) is 4.79 Å². The summed E-state index contributed by atoms with van der Waals surface area (Å²) in [6, 6.07) is 3.58. The molecule has 1 unspecified atom stereocenters. The third kappa shape index (κ3) is 6.24. The molecule has 1 aliphatic heterocycles. The Morgan fingerprint density at radius 3 is 2.57 bits per heavy atom. The highest BCUT2D eigenvalue weighted by atomic mass is 19.4. The van der Waals surface area contributed by atoms with Crippen molar-refractivity contribution in [3.8, 4) is 0 Å². The number of likely N-dealkylation sites (tertiary alicyclic amines) is 1. The second-order valence-corrected chi connectivity index (χ2v) is 7.17. The van der Waals surface area contributed by atoms with E-state index in [0.717, 1.165) is 31.4 Å². The molecule has 0 aliphatic carbocycles. The maximum absolute atomic E-state index is 12.9. The molecule has 1 atom stereocenters. The van der Waals surface area contributed by atoms with Gasteiger partial charge in [0.2, 0.25) is 0 Å². The van der Waals surface area contributed by atoms with Gasteiger partial charge in [0.1, 0.15) is 6.04 Å². The molecular formula is C21H28F3NO3. The molecular weight excluding hydrogens is 371 g/mol. The van der Waals surface area contributed by atoms with Gasteiger partial charge in [-0.05, 0) is 37.5 Å². The summed E-state index contributed by atoms with van der Waals surface area (Å²) in [5.74, 6) is -1.03. The van der Waals surface area contributed by atoms with E-state index in [9.17, 15) is 22.8 Å². The fourth-order valence-corrected chi connectivity index (χ4v) is 3.40. The minimum atomic E-state index is -4.52. The number of benzene rings is 1. The number of hydrogen-bond donors (Lipinski definition) is 0.